The maximum atomic E-state index is 12.9. The van der Waals surface area contributed by atoms with Crippen LogP contribution in [-0.2, 0) is 20.9 Å². The lowest BCUT2D eigenvalue weighted by Crippen LogP contribution is -2.54. The van der Waals surface area contributed by atoms with Crippen molar-refractivity contribution >= 4 is 29.5 Å². The highest BCUT2D eigenvalue weighted by molar-refractivity contribution is 6.30. The third kappa shape index (κ3) is 4.95. The topological polar surface area (TPSA) is 70.2 Å². The van der Waals surface area contributed by atoms with Crippen LogP contribution in [0.3, 0.4) is 0 Å². The molecule has 2 fully saturated rings. The average Bonchev–Trinajstić information content (AvgIpc) is 2.71. The minimum Gasteiger partial charge on any atom is -0.450 e. The minimum absolute atomic E-state index is 0.0668. The van der Waals surface area contributed by atoms with Gasteiger partial charge in [0.05, 0.1) is 12.5 Å². The first kappa shape index (κ1) is 20.5. The number of hydrogen-bond donors (Lipinski definition) is 0. The van der Waals surface area contributed by atoms with Crippen molar-refractivity contribution in [2.45, 2.75) is 26.3 Å². The summed E-state index contributed by atoms with van der Waals surface area (Å²) in [4.78, 5) is 42.2. The number of benzene rings is 1. The predicted molar refractivity (Wildman–Crippen MR) is 105 cm³/mol. The average molecular weight is 408 g/mol. The molecule has 0 radical (unpaired) electrons. The van der Waals surface area contributed by atoms with Crippen molar-refractivity contribution < 1.29 is 19.1 Å². The Morgan fingerprint density at radius 2 is 1.75 bits per heavy atom. The highest BCUT2D eigenvalue weighted by atomic mass is 35.5. The number of ether oxygens (including phenoxy) is 1. The van der Waals surface area contributed by atoms with Crippen LogP contribution in [0.25, 0.3) is 0 Å². The van der Waals surface area contributed by atoms with E-state index in [1.807, 2.05) is 12.1 Å². The molecule has 1 aromatic carbocycles. The van der Waals surface area contributed by atoms with Crippen LogP contribution in [-0.4, -0.2) is 71.9 Å². The van der Waals surface area contributed by atoms with Gasteiger partial charge >= 0.3 is 6.09 Å². The van der Waals surface area contributed by atoms with Crippen molar-refractivity contribution in [2.24, 2.45) is 5.92 Å². The molecule has 2 aliphatic heterocycles. The van der Waals surface area contributed by atoms with Crippen LogP contribution in [0.2, 0.25) is 5.02 Å². The van der Waals surface area contributed by atoms with Crippen molar-refractivity contribution in [3.63, 3.8) is 0 Å². The zero-order chi connectivity index (χ0) is 20.1. The van der Waals surface area contributed by atoms with Gasteiger partial charge in [-0.1, -0.05) is 23.7 Å². The molecular weight excluding hydrogens is 382 g/mol. The van der Waals surface area contributed by atoms with Crippen molar-refractivity contribution in [3.8, 4) is 0 Å². The Kier molecular flexibility index (Phi) is 6.78. The van der Waals surface area contributed by atoms with E-state index in [0.29, 0.717) is 63.7 Å². The maximum Gasteiger partial charge on any atom is 0.409 e. The Hall–Kier alpha value is -2.28. The lowest BCUT2D eigenvalue weighted by Gasteiger charge is -2.38. The Morgan fingerprint density at radius 1 is 1.11 bits per heavy atom. The van der Waals surface area contributed by atoms with Gasteiger partial charge in [-0.25, -0.2) is 4.79 Å². The number of piperidine rings is 1. The molecule has 8 heteroatoms. The van der Waals surface area contributed by atoms with E-state index in [1.54, 1.807) is 33.8 Å². The van der Waals surface area contributed by atoms with E-state index in [4.69, 9.17) is 16.3 Å². The van der Waals surface area contributed by atoms with Gasteiger partial charge < -0.3 is 19.4 Å². The van der Waals surface area contributed by atoms with Crippen LogP contribution < -0.4 is 0 Å². The summed E-state index contributed by atoms with van der Waals surface area (Å²) in [6, 6.07) is 7.40. The summed E-state index contributed by atoms with van der Waals surface area (Å²) in [5.74, 6) is -0.0533. The number of carbonyl (C=O) groups excluding carboxylic acids is 3. The molecule has 0 N–H and O–H groups in total. The van der Waals surface area contributed by atoms with E-state index in [9.17, 15) is 14.4 Å². The van der Waals surface area contributed by atoms with Crippen molar-refractivity contribution in [1.82, 2.24) is 14.7 Å². The highest BCUT2D eigenvalue weighted by Gasteiger charge is 2.34. The molecule has 1 aromatic rings. The standard InChI is InChI=1S/C20H26ClN3O4/c1-2-28-20(27)23-11-9-22(10-12-23)19(26)16-5-8-18(25)24(14-16)13-15-3-6-17(21)7-4-15/h3-4,6-7,16H,2,5,8-14H2,1H3/t16-/m1/s1. The quantitative estimate of drug-likeness (QED) is 0.768. The SMILES string of the molecule is CCOC(=O)N1CCN(C(=O)[C@@H]2CCC(=O)N(Cc3ccc(Cl)cc3)C2)CC1. The molecule has 3 rings (SSSR count). The van der Waals surface area contributed by atoms with Gasteiger partial charge in [-0.05, 0) is 31.0 Å². The van der Waals surface area contributed by atoms with E-state index >= 15 is 0 Å². The minimum atomic E-state index is -0.327. The van der Waals surface area contributed by atoms with E-state index in [2.05, 4.69) is 0 Å². The highest BCUT2D eigenvalue weighted by Crippen LogP contribution is 2.23. The Morgan fingerprint density at radius 3 is 2.39 bits per heavy atom. The van der Waals surface area contributed by atoms with Gasteiger partial charge in [0.15, 0.2) is 0 Å². The van der Waals surface area contributed by atoms with Crippen molar-refractivity contribution in [1.29, 1.82) is 0 Å². The zero-order valence-electron chi connectivity index (χ0n) is 16.1. The van der Waals surface area contributed by atoms with Gasteiger partial charge in [-0.2, -0.15) is 0 Å². The first-order chi connectivity index (χ1) is 13.5. The fraction of sp³-hybridized carbons (Fsp3) is 0.550. The largest absolute Gasteiger partial charge is 0.450 e. The summed E-state index contributed by atoms with van der Waals surface area (Å²) in [6.45, 7) is 4.98. The fourth-order valence-electron chi connectivity index (χ4n) is 3.66. The summed E-state index contributed by atoms with van der Waals surface area (Å²) >= 11 is 5.92. The first-order valence-corrected chi connectivity index (χ1v) is 10.1. The van der Waals surface area contributed by atoms with E-state index < -0.39 is 0 Å². The zero-order valence-corrected chi connectivity index (χ0v) is 16.9. The van der Waals surface area contributed by atoms with Crippen LogP contribution in [0.15, 0.2) is 24.3 Å². The maximum absolute atomic E-state index is 12.9. The van der Waals surface area contributed by atoms with Crippen molar-refractivity contribution in [3.05, 3.63) is 34.9 Å². The molecule has 3 amide bonds. The molecule has 28 heavy (non-hydrogen) atoms. The van der Waals surface area contributed by atoms with Crippen LogP contribution in [0.5, 0.6) is 0 Å². The molecule has 0 unspecified atom stereocenters. The number of halogens is 1. The lowest BCUT2D eigenvalue weighted by atomic mass is 9.95. The van der Waals surface area contributed by atoms with Gasteiger partial charge in [-0.15, -0.1) is 0 Å². The second-order valence-electron chi connectivity index (χ2n) is 7.15. The summed E-state index contributed by atoms with van der Waals surface area (Å²) in [7, 11) is 0. The normalized spacial score (nSPS) is 20.3. The number of likely N-dealkylation sites (tertiary alicyclic amines) is 1. The molecule has 0 bridgehead atoms. The smallest absolute Gasteiger partial charge is 0.409 e. The molecule has 7 nitrogen and oxygen atoms in total. The van der Waals surface area contributed by atoms with Crippen molar-refractivity contribution in [2.75, 3.05) is 39.3 Å². The van der Waals surface area contributed by atoms with Gasteiger partial charge in [0.2, 0.25) is 11.8 Å². The molecule has 2 aliphatic rings. The first-order valence-electron chi connectivity index (χ1n) is 9.70. The summed E-state index contributed by atoms with van der Waals surface area (Å²) in [5, 5.41) is 0.656. The van der Waals surface area contributed by atoms with Gasteiger partial charge in [0.25, 0.3) is 0 Å². The van der Waals surface area contributed by atoms with Crippen LogP contribution in [0.4, 0.5) is 4.79 Å². The molecule has 1 atom stereocenters. The van der Waals surface area contributed by atoms with Crippen LogP contribution >= 0.6 is 11.6 Å². The van der Waals surface area contributed by atoms with E-state index in [1.165, 1.54) is 0 Å². The number of amides is 3. The Balaban J connectivity index is 1.55. The summed E-state index contributed by atoms with van der Waals surface area (Å²) in [5.41, 5.74) is 0.994. The fourth-order valence-corrected chi connectivity index (χ4v) is 3.79. The van der Waals surface area contributed by atoms with Gasteiger partial charge in [-0.3, -0.25) is 9.59 Å². The number of hydrogen-bond acceptors (Lipinski definition) is 4. The molecule has 152 valence electrons. The van der Waals surface area contributed by atoms with Gasteiger partial charge in [0, 0.05) is 50.7 Å². The number of carbonyl (C=O) groups is 3. The van der Waals surface area contributed by atoms with Gasteiger partial charge in [0.1, 0.15) is 0 Å². The summed E-state index contributed by atoms with van der Waals surface area (Å²) in [6.07, 6.45) is 0.631. The molecule has 0 spiro atoms. The molecule has 0 saturated carbocycles. The molecule has 2 heterocycles. The van der Waals surface area contributed by atoms with E-state index in [-0.39, 0.29) is 23.8 Å². The number of piperazine rings is 1. The third-order valence-electron chi connectivity index (χ3n) is 5.25. The second-order valence-corrected chi connectivity index (χ2v) is 7.58. The summed E-state index contributed by atoms with van der Waals surface area (Å²) < 4.78 is 5.01. The van der Waals surface area contributed by atoms with E-state index in [0.717, 1.165) is 5.56 Å². The molecular formula is C20H26ClN3O4. The van der Waals surface area contributed by atoms with Crippen LogP contribution in [0.1, 0.15) is 25.3 Å². The second kappa shape index (κ2) is 9.28. The molecule has 2 saturated heterocycles. The third-order valence-corrected chi connectivity index (χ3v) is 5.51. The Bertz CT molecular complexity index is 717. The predicted octanol–water partition coefficient (Wildman–Crippen LogP) is 2.38. The monoisotopic (exact) mass is 407 g/mol. The molecule has 0 aromatic heterocycles. The van der Waals surface area contributed by atoms with Crippen LogP contribution in [0, 0.1) is 5.92 Å². The Labute approximate surface area is 170 Å². The molecule has 0 aliphatic carbocycles. The lowest BCUT2D eigenvalue weighted by molar-refractivity contribution is -0.144. The number of nitrogens with zero attached hydrogens (tertiary/aromatic N) is 3. The number of rotatable bonds is 4.